The van der Waals surface area contributed by atoms with Gasteiger partial charge in [0, 0.05) is 39.1 Å². The van der Waals surface area contributed by atoms with Crippen LogP contribution in [0.15, 0.2) is 0 Å². The fraction of sp³-hybridized carbons (Fsp3) is 0.857. The SMILES string of the molecule is CCCNCCNC(=O)C1CC(=O)N(CCN(C)C)C1.Cl.Cl. The Balaban J connectivity index is 0. The Labute approximate surface area is 146 Å². The zero-order chi connectivity index (χ0) is 15.0. The second kappa shape index (κ2) is 12.9. The molecule has 1 fully saturated rings. The fourth-order valence-electron chi connectivity index (χ4n) is 2.20. The summed E-state index contributed by atoms with van der Waals surface area (Å²) in [6.07, 6.45) is 1.44. The van der Waals surface area contributed by atoms with Crippen LogP contribution in [0.2, 0.25) is 0 Å². The van der Waals surface area contributed by atoms with Gasteiger partial charge in [-0.15, -0.1) is 24.8 Å². The molecule has 0 spiro atoms. The average Bonchev–Trinajstić information content (AvgIpc) is 2.77. The van der Waals surface area contributed by atoms with Crippen molar-refractivity contribution in [1.29, 1.82) is 0 Å². The minimum atomic E-state index is -0.184. The van der Waals surface area contributed by atoms with Crippen molar-refractivity contribution in [2.75, 3.05) is 53.4 Å². The lowest BCUT2D eigenvalue weighted by atomic mass is 10.1. The van der Waals surface area contributed by atoms with E-state index in [1.807, 2.05) is 19.0 Å². The van der Waals surface area contributed by atoms with E-state index < -0.39 is 0 Å². The molecular formula is C14H30Cl2N4O2. The van der Waals surface area contributed by atoms with Crippen LogP contribution >= 0.6 is 24.8 Å². The summed E-state index contributed by atoms with van der Waals surface area (Å²) >= 11 is 0. The van der Waals surface area contributed by atoms with Gasteiger partial charge >= 0.3 is 0 Å². The molecule has 1 aliphatic heterocycles. The molecule has 1 atom stereocenters. The summed E-state index contributed by atoms with van der Waals surface area (Å²) in [4.78, 5) is 27.6. The third-order valence-electron chi connectivity index (χ3n) is 3.43. The smallest absolute Gasteiger partial charge is 0.225 e. The Bertz CT molecular complexity index is 330. The molecule has 1 saturated heterocycles. The first-order chi connectivity index (χ1) is 9.54. The molecule has 22 heavy (non-hydrogen) atoms. The van der Waals surface area contributed by atoms with Crippen LogP contribution in [0.4, 0.5) is 0 Å². The molecule has 0 aliphatic carbocycles. The van der Waals surface area contributed by atoms with E-state index in [9.17, 15) is 9.59 Å². The molecule has 0 radical (unpaired) electrons. The second-order valence-corrected chi connectivity index (χ2v) is 5.59. The molecule has 1 heterocycles. The molecule has 6 nitrogen and oxygen atoms in total. The van der Waals surface area contributed by atoms with Gasteiger partial charge in [0.1, 0.15) is 0 Å². The number of likely N-dealkylation sites (N-methyl/N-ethyl adjacent to an activating group) is 1. The first-order valence-corrected chi connectivity index (χ1v) is 7.45. The number of likely N-dealkylation sites (tertiary alicyclic amines) is 1. The van der Waals surface area contributed by atoms with Gasteiger partial charge in [-0.2, -0.15) is 0 Å². The van der Waals surface area contributed by atoms with Gasteiger partial charge in [0.05, 0.1) is 5.92 Å². The summed E-state index contributed by atoms with van der Waals surface area (Å²) < 4.78 is 0. The maximum absolute atomic E-state index is 12.0. The summed E-state index contributed by atoms with van der Waals surface area (Å²) in [7, 11) is 3.96. The van der Waals surface area contributed by atoms with Gasteiger partial charge < -0.3 is 20.4 Å². The van der Waals surface area contributed by atoms with Crippen LogP contribution in [0.3, 0.4) is 0 Å². The lowest BCUT2D eigenvalue weighted by Gasteiger charge is -2.19. The lowest BCUT2D eigenvalue weighted by Crippen LogP contribution is -2.38. The molecule has 2 amide bonds. The highest BCUT2D eigenvalue weighted by Gasteiger charge is 2.33. The summed E-state index contributed by atoms with van der Waals surface area (Å²) in [5.41, 5.74) is 0. The van der Waals surface area contributed by atoms with Crippen molar-refractivity contribution in [3.05, 3.63) is 0 Å². The van der Waals surface area contributed by atoms with E-state index in [1.165, 1.54) is 0 Å². The van der Waals surface area contributed by atoms with Crippen LogP contribution in [0, 0.1) is 5.92 Å². The number of carbonyl (C=O) groups is 2. The zero-order valence-corrected chi connectivity index (χ0v) is 15.4. The number of halogens is 2. The monoisotopic (exact) mass is 356 g/mol. The molecule has 0 aromatic heterocycles. The van der Waals surface area contributed by atoms with E-state index in [-0.39, 0.29) is 42.5 Å². The Hall–Kier alpha value is -0.560. The highest BCUT2D eigenvalue weighted by molar-refractivity contribution is 5.89. The number of carbonyl (C=O) groups excluding carboxylic acids is 2. The third-order valence-corrected chi connectivity index (χ3v) is 3.43. The van der Waals surface area contributed by atoms with Gasteiger partial charge in [0.15, 0.2) is 0 Å². The topological polar surface area (TPSA) is 64.7 Å². The van der Waals surface area contributed by atoms with E-state index in [4.69, 9.17) is 0 Å². The molecule has 1 aliphatic rings. The molecule has 0 bridgehead atoms. The molecular weight excluding hydrogens is 327 g/mol. The molecule has 8 heteroatoms. The van der Waals surface area contributed by atoms with Gasteiger partial charge in [-0.1, -0.05) is 6.92 Å². The minimum Gasteiger partial charge on any atom is -0.355 e. The number of rotatable bonds is 9. The summed E-state index contributed by atoms with van der Waals surface area (Å²) in [6.45, 7) is 6.58. The maximum Gasteiger partial charge on any atom is 0.225 e. The van der Waals surface area contributed by atoms with E-state index in [1.54, 1.807) is 4.90 Å². The van der Waals surface area contributed by atoms with Crippen molar-refractivity contribution >= 4 is 36.6 Å². The average molecular weight is 357 g/mol. The Morgan fingerprint density at radius 1 is 1.27 bits per heavy atom. The molecule has 2 N–H and O–H groups in total. The summed E-state index contributed by atoms with van der Waals surface area (Å²) in [6, 6.07) is 0. The minimum absolute atomic E-state index is 0. The second-order valence-electron chi connectivity index (χ2n) is 5.59. The first-order valence-electron chi connectivity index (χ1n) is 7.45. The van der Waals surface area contributed by atoms with Crippen LogP contribution in [-0.4, -0.2) is 75.0 Å². The Morgan fingerprint density at radius 2 is 1.95 bits per heavy atom. The molecule has 0 aromatic rings. The zero-order valence-electron chi connectivity index (χ0n) is 13.8. The number of hydrogen-bond donors (Lipinski definition) is 2. The largest absolute Gasteiger partial charge is 0.355 e. The summed E-state index contributed by atoms with van der Waals surface area (Å²) in [5, 5.41) is 6.13. The van der Waals surface area contributed by atoms with Crippen LogP contribution < -0.4 is 10.6 Å². The van der Waals surface area contributed by atoms with Crippen molar-refractivity contribution < 1.29 is 9.59 Å². The van der Waals surface area contributed by atoms with Crippen molar-refractivity contribution in [3.8, 4) is 0 Å². The van der Waals surface area contributed by atoms with Crippen LogP contribution in [0.1, 0.15) is 19.8 Å². The Kier molecular flexibility index (Phi) is 13.9. The first kappa shape index (κ1) is 23.7. The lowest BCUT2D eigenvalue weighted by molar-refractivity contribution is -0.129. The molecule has 1 unspecified atom stereocenters. The number of nitrogens with zero attached hydrogens (tertiary/aromatic N) is 2. The Morgan fingerprint density at radius 3 is 2.55 bits per heavy atom. The predicted octanol–water partition coefficient (Wildman–Crippen LogP) is 0.356. The standard InChI is InChI=1S/C14H28N4O2.2ClH/c1-4-5-15-6-7-16-14(20)12-10-13(19)18(11-12)9-8-17(2)3;;/h12,15H,4-11H2,1-3H3,(H,16,20);2*1H. The number of nitrogens with one attached hydrogen (secondary N) is 2. The van der Waals surface area contributed by atoms with E-state index in [2.05, 4.69) is 17.6 Å². The highest BCUT2D eigenvalue weighted by Crippen LogP contribution is 2.17. The van der Waals surface area contributed by atoms with Gasteiger partial charge in [-0.05, 0) is 27.1 Å². The molecule has 1 rings (SSSR count). The van der Waals surface area contributed by atoms with Crippen LogP contribution in [0.25, 0.3) is 0 Å². The number of amides is 2. The summed E-state index contributed by atoms with van der Waals surface area (Å²) in [5.74, 6) is -0.0871. The van der Waals surface area contributed by atoms with Crippen molar-refractivity contribution in [2.24, 2.45) is 5.92 Å². The molecule has 0 aromatic carbocycles. The van der Waals surface area contributed by atoms with E-state index >= 15 is 0 Å². The third kappa shape index (κ3) is 8.78. The number of hydrogen-bond acceptors (Lipinski definition) is 4. The predicted molar refractivity (Wildman–Crippen MR) is 93.9 cm³/mol. The van der Waals surface area contributed by atoms with Crippen LogP contribution in [-0.2, 0) is 9.59 Å². The van der Waals surface area contributed by atoms with Crippen molar-refractivity contribution in [2.45, 2.75) is 19.8 Å². The maximum atomic E-state index is 12.0. The van der Waals surface area contributed by atoms with E-state index in [0.29, 0.717) is 26.1 Å². The van der Waals surface area contributed by atoms with Crippen LogP contribution in [0.5, 0.6) is 0 Å². The molecule has 0 saturated carbocycles. The fourth-order valence-corrected chi connectivity index (χ4v) is 2.20. The van der Waals surface area contributed by atoms with Crippen molar-refractivity contribution in [1.82, 2.24) is 20.4 Å². The van der Waals surface area contributed by atoms with Gasteiger partial charge in [0.25, 0.3) is 0 Å². The van der Waals surface area contributed by atoms with Gasteiger partial charge in [-0.3, -0.25) is 9.59 Å². The van der Waals surface area contributed by atoms with E-state index in [0.717, 1.165) is 26.1 Å². The molecule has 132 valence electrons. The van der Waals surface area contributed by atoms with Gasteiger partial charge in [0.2, 0.25) is 11.8 Å². The quantitative estimate of drug-likeness (QED) is 0.585. The van der Waals surface area contributed by atoms with Gasteiger partial charge in [-0.25, -0.2) is 0 Å². The van der Waals surface area contributed by atoms with Crippen molar-refractivity contribution in [3.63, 3.8) is 0 Å². The highest BCUT2D eigenvalue weighted by atomic mass is 35.5. The normalized spacial score (nSPS) is 17.2.